The molecule has 1 aromatic carbocycles. The fourth-order valence-corrected chi connectivity index (χ4v) is 1.97. The summed E-state index contributed by atoms with van der Waals surface area (Å²) in [6, 6.07) is 5.97. The van der Waals surface area contributed by atoms with E-state index in [1.165, 1.54) is 0 Å². The van der Waals surface area contributed by atoms with E-state index in [0.29, 0.717) is 17.3 Å². The minimum absolute atomic E-state index is 0.523. The number of anilines is 1. The lowest BCUT2D eigenvalue weighted by molar-refractivity contribution is -0.542. The molecule has 0 atom stereocenters. The maximum Gasteiger partial charge on any atom is 0.195 e. The normalized spacial score (nSPS) is 15.4. The average molecular weight is 232 g/mol. The number of nitrogens with one attached hydrogen (secondary N) is 1. The van der Waals surface area contributed by atoms with Crippen LogP contribution in [0.4, 0.5) is 5.69 Å². The number of nitrogens with zero attached hydrogens (tertiary/aromatic N) is 3. The molecule has 0 aliphatic carbocycles. The topological polar surface area (TPSA) is 53.7 Å². The highest BCUT2D eigenvalue weighted by molar-refractivity contribution is 5.57. The molecule has 1 aliphatic heterocycles. The number of benzene rings is 1. The van der Waals surface area contributed by atoms with E-state index in [2.05, 4.69) is 10.4 Å². The molecule has 0 saturated heterocycles. The van der Waals surface area contributed by atoms with Gasteiger partial charge in [0.25, 0.3) is 0 Å². The molecular weight excluding hydrogens is 216 g/mol. The summed E-state index contributed by atoms with van der Waals surface area (Å²) in [6.45, 7) is 4.51. The zero-order valence-corrected chi connectivity index (χ0v) is 10.3. The average Bonchev–Trinajstić information content (AvgIpc) is 2.30. The molecule has 90 valence electrons. The summed E-state index contributed by atoms with van der Waals surface area (Å²) in [5, 5.41) is 20.2. The van der Waals surface area contributed by atoms with Crippen LogP contribution >= 0.6 is 0 Å². The van der Waals surface area contributed by atoms with Crippen molar-refractivity contribution >= 4 is 5.69 Å². The first-order valence-corrected chi connectivity index (χ1v) is 5.54. The van der Waals surface area contributed by atoms with Crippen LogP contribution < -0.4 is 10.3 Å². The molecule has 1 N–H and O–H groups in total. The van der Waals surface area contributed by atoms with E-state index in [9.17, 15) is 5.21 Å². The summed E-state index contributed by atoms with van der Waals surface area (Å²) >= 11 is 0. The Kier molecular flexibility index (Phi) is 2.99. The minimum atomic E-state index is 0.523. The first-order chi connectivity index (χ1) is 8.13. The van der Waals surface area contributed by atoms with Crippen molar-refractivity contribution in [1.29, 1.82) is 0 Å². The molecule has 0 amide bonds. The summed E-state index contributed by atoms with van der Waals surface area (Å²) in [7, 11) is 1.75. The number of rotatable bonds is 2. The van der Waals surface area contributed by atoms with Crippen LogP contribution in [-0.4, -0.2) is 18.6 Å². The van der Waals surface area contributed by atoms with Gasteiger partial charge in [0.2, 0.25) is 0 Å². The van der Waals surface area contributed by atoms with Crippen LogP contribution in [0.15, 0.2) is 35.2 Å². The van der Waals surface area contributed by atoms with E-state index in [0.717, 1.165) is 16.8 Å². The van der Waals surface area contributed by atoms with E-state index in [1.54, 1.807) is 12.1 Å². The van der Waals surface area contributed by atoms with Crippen molar-refractivity contribution < 1.29 is 4.97 Å². The summed E-state index contributed by atoms with van der Waals surface area (Å²) in [6.07, 6.45) is 1.89. The van der Waals surface area contributed by atoms with Crippen LogP contribution in [0.25, 0.3) is 0 Å². The summed E-state index contributed by atoms with van der Waals surface area (Å²) in [5.74, 6) is 0.600. The molecule has 5 heteroatoms. The van der Waals surface area contributed by atoms with Crippen LogP contribution in [0.3, 0.4) is 0 Å². The Bertz CT molecular complexity index is 473. The molecule has 1 heterocycles. The lowest BCUT2D eigenvalue weighted by Crippen LogP contribution is -2.35. The van der Waals surface area contributed by atoms with Crippen molar-refractivity contribution in [2.24, 2.45) is 5.11 Å². The van der Waals surface area contributed by atoms with E-state index < -0.39 is 0 Å². The third kappa shape index (κ3) is 2.08. The number of hydrazine groups is 1. The van der Waals surface area contributed by atoms with Crippen molar-refractivity contribution in [2.45, 2.75) is 13.8 Å². The molecule has 0 aromatic heterocycles. The minimum Gasteiger partial charge on any atom is -0.571 e. The Hall–Kier alpha value is -2.04. The Morgan fingerprint density at radius 1 is 1.35 bits per heavy atom. The highest BCUT2D eigenvalue weighted by Gasteiger charge is 2.22. The van der Waals surface area contributed by atoms with Crippen molar-refractivity contribution in [2.75, 3.05) is 18.6 Å². The van der Waals surface area contributed by atoms with E-state index >= 15 is 0 Å². The van der Waals surface area contributed by atoms with Gasteiger partial charge < -0.3 is 10.5 Å². The quantitative estimate of drug-likeness (QED) is 0.627. The van der Waals surface area contributed by atoms with Crippen molar-refractivity contribution in [1.82, 2.24) is 5.32 Å². The molecule has 0 radical (unpaired) electrons. The number of para-hydroxylation sites is 1. The molecular formula is C12H16N4O. The lowest BCUT2D eigenvalue weighted by Gasteiger charge is -2.23. The fourth-order valence-electron chi connectivity index (χ4n) is 1.97. The summed E-state index contributed by atoms with van der Waals surface area (Å²) in [5.41, 5.74) is 3.07. The van der Waals surface area contributed by atoms with Gasteiger partial charge in [0, 0.05) is 12.0 Å². The molecule has 2 rings (SSSR count). The van der Waals surface area contributed by atoms with Gasteiger partial charge in [-0.05, 0) is 31.1 Å². The Morgan fingerprint density at radius 2 is 2.00 bits per heavy atom. The highest BCUT2D eigenvalue weighted by Crippen LogP contribution is 2.26. The van der Waals surface area contributed by atoms with Gasteiger partial charge in [0.15, 0.2) is 5.82 Å². The molecule has 1 aromatic rings. The number of hydrogen-bond donors (Lipinski definition) is 1. The van der Waals surface area contributed by atoms with Crippen LogP contribution in [0.1, 0.15) is 11.1 Å². The van der Waals surface area contributed by atoms with E-state index in [1.807, 2.05) is 38.1 Å². The maximum absolute atomic E-state index is 11.9. The van der Waals surface area contributed by atoms with Crippen molar-refractivity contribution in [3.05, 3.63) is 46.4 Å². The third-order valence-corrected chi connectivity index (χ3v) is 2.81. The second-order valence-electron chi connectivity index (χ2n) is 4.01. The zero-order chi connectivity index (χ0) is 12.4. The van der Waals surface area contributed by atoms with Crippen LogP contribution in [0.2, 0.25) is 0 Å². The number of hydrogen-bond acceptors (Lipinski definition) is 4. The highest BCUT2D eigenvalue weighted by atomic mass is 16.5. The van der Waals surface area contributed by atoms with Crippen molar-refractivity contribution in [3.8, 4) is 0 Å². The second kappa shape index (κ2) is 4.45. The van der Waals surface area contributed by atoms with E-state index in [-0.39, 0.29) is 0 Å². The lowest BCUT2D eigenvalue weighted by atomic mass is 10.1. The summed E-state index contributed by atoms with van der Waals surface area (Å²) in [4.78, 5) is 0.640. The van der Waals surface area contributed by atoms with Gasteiger partial charge in [-0.15, -0.1) is 5.01 Å². The first-order valence-electron chi connectivity index (χ1n) is 5.54. The molecule has 1 aliphatic rings. The molecule has 5 nitrogen and oxygen atoms in total. The SMILES string of the molecule is CNC1=CCN(c2c(C)cccc2C)[N+]([O-])=N1. The third-order valence-electron chi connectivity index (χ3n) is 2.81. The van der Waals surface area contributed by atoms with E-state index in [4.69, 9.17) is 0 Å². The Balaban J connectivity index is 2.38. The zero-order valence-electron chi connectivity index (χ0n) is 10.3. The predicted octanol–water partition coefficient (Wildman–Crippen LogP) is 2.06. The van der Waals surface area contributed by atoms with Gasteiger partial charge in [-0.1, -0.05) is 18.2 Å². The van der Waals surface area contributed by atoms with Crippen LogP contribution in [0, 0.1) is 19.1 Å². The molecule has 0 saturated carbocycles. The maximum atomic E-state index is 11.9. The van der Waals surface area contributed by atoms with Crippen LogP contribution in [0.5, 0.6) is 0 Å². The smallest absolute Gasteiger partial charge is 0.195 e. The number of aryl methyl sites for hydroxylation is 2. The molecule has 0 fully saturated rings. The second-order valence-corrected chi connectivity index (χ2v) is 4.01. The summed E-state index contributed by atoms with van der Waals surface area (Å²) < 4.78 is 0. The molecule has 0 spiro atoms. The molecule has 17 heavy (non-hydrogen) atoms. The van der Waals surface area contributed by atoms with Gasteiger partial charge in [-0.3, -0.25) is 0 Å². The standard InChI is InChI=1S/C12H16N4O/c1-9-5-4-6-10(2)12(9)15-8-7-11(13-3)14-16(15)17/h4-7,13H,8H2,1-3H3. The van der Waals surface area contributed by atoms with Crippen molar-refractivity contribution in [3.63, 3.8) is 0 Å². The molecule has 0 unspecified atom stereocenters. The van der Waals surface area contributed by atoms with Crippen LogP contribution in [-0.2, 0) is 0 Å². The first kappa shape index (κ1) is 11.4. The van der Waals surface area contributed by atoms with Gasteiger partial charge in [0.05, 0.1) is 5.11 Å². The monoisotopic (exact) mass is 232 g/mol. The predicted molar refractivity (Wildman–Crippen MR) is 66.5 cm³/mol. The molecule has 0 bridgehead atoms. The fraction of sp³-hybridized carbons (Fsp3) is 0.333. The van der Waals surface area contributed by atoms with Gasteiger partial charge in [0.1, 0.15) is 12.2 Å². The van der Waals surface area contributed by atoms with Gasteiger partial charge in [-0.2, -0.15) is 0 Å². The van der Waals surface area contributed by atoms with Gasteiger partial charge in [-0.25, -0.2) is 0 Å². The Morgan fingerprint density at radius 3 is 2.53 bits per heavy atom. The largest absolute Gasteiger partial charge is 0.571 e. The van der Waals surface area contributed by atoms with Gasteiger partial charge >= 0.3 is 0 Å². The Labute approximate surface area is 101 Å².